The van der Waals surface area contributed by atoms with Gasteiger partial charge in [0.2, 0.25) is 5.91 Å². The quantitative estimate of drug-likeness (QED) is 0.912. The molecule has 2 saturated heterocycles. The average Bonchev–Trinajstić information content (AvgIpc) is 3.16. The number of hydrogen-bond donors (Lipinski definition) is 1. The third kappa shape index (κ3) is 4.07. The molecule has 3 heterocycles. The molecule has 0 bridgehead atoms. The number of nitrogens with one attached hydrogen (secondary N) is 1. The molecule has 0 aliphatic carbocycles. The first-order chi connectivity index (χ1) is 10.5. The summed E-state index contributed by atoms with van der Waals surface area (Å²) in [5.41, 5.74) is 1.18. The van der Waals surface area contributed by atoms with Crippen molar-refractivity contribution in [1.29, 1.82) is 0 Å². The van der Waals surface area contributed by atoms with Crippen LogP contribution in [0.15, 0.2) is 12.4 Å². The lowest BCUT2D eigenvalue weighted by atomic mass is 9.90. The van der Waals surface area contributed by atoms with E-state index in [4.69, 9.17) is 0 Å². The van der Waals surface area contributed by atoms with Crippen molar-refractivity contribution in [3.05, 3.63) is 18.0 Å². The smallest absolute Gasteiger partial charge is 0.227 e. The third-order valence-electron chi connectivity index (χ3n) is 5.09. The lowest BCUT2D eigenvalue weighted by Gasteiger charge is -2.24. The van der Waals surface area contributed by atoms with Gasteiger partial charge in [0.15, 0.2) is 0 Å². The van der Waals surface area contributed by atoms with Crippen molar-refractivity contribution in [1.82, 2.24) is 20.0 Å². The van der Waals surface area contributed by atoms with Crippen LogP contribution in [0, 0.1) is 17.8 Å². The fourth-order valence-corrected chi connectivity index (χ4v) is 4.05. The zero-order valence-electron chi connectivity index (χ0n) is 14.4. The van der Waals surface area contributed by atoms with E-state index in [1.165, 1.54) is 18.4 Å². The van der Waals surface area contributed by atoms with E-state index >= 15 is 0 Å². The van der Waals surface area contributed by atoms with Crippen LogP contribution in [0.4, 0.5) is 0 Å². The standard InChI is InChI=1S/C17H28N4O.ClH/c1-12(2)6-13-4-5-21(10-13)17(22)16-9-18-8-15(16)14-7-19-20(3)11-14;/h7,11-13,15-16,18H,4-6,8-10H2,1-3H3;1H/t13?,15-,16+;/m1./s1. The highest BCUT2D eigenvalue weighted by Gasteiger charge is 2.39. The molecule has 1 N–H and O–H groups in total. The monoisotopic (exact) mass is 340 g/mol. The number of hydrogen-bond acceptors (Lipinski definition) is 3. The van der Waals surface area contributed by atoms with Gasteiger partial charge in [0.1, 0.15) is 0 Å². The minimum absolute atomic E-state index is 0. The highest BCUT2D eigenvalue weighted by atomic mass is 35.5. The maximum Gasteiger partial charge on any atom is 0.227 e. The molecule has 2 fully saturated rings. The second kappa shape index (κ2) is 7.67. The van der Waals surface area contributed by atoms with Gasteiger partial charge in [0, 0.05) is 45.3 Å². The van der Waals surface area contributed by atoms with Crippen molar-refractivity contribution in [2.75, 3.05) is 26.2 Å². The Bertz CT molecular complexity index is 530. The number of rotatable bonds is 4. The van der Waals surface area contributed by atoms with Crippen molar-refractivity contribution in [3.63, 3.8) is 0 Å². The van der Waals surface area contributed by atoms with E-state index in [0.29, 0.717) is 11.8 Å². The summed E-state index contributed by atoms with van der Waals surface area (Å²) in [6.45, 7) is 8.10. The van der Waals surface area contributed by atoms with Crippen LogP contribution in [0.25, 0.3) is 0 Å². The third-order valence-corrected chi connectivity index (χ3v) is 5.09. The van der Waals surface area contributed by atoms with Gasteiger partial charge in [-0.1, -0.05) is 13.8 Å². The van der Waals surface area contributed by atoms with Crippen LogP contribution in [-0.2, 0) is 11.8 Å². The molecular formula is C17H29ClN4O. The maximum atomic E-state index is 12.9. The molecule has 1 amide bonds. The van der Waals surface area contributed by atoms with E-state index in [1.54, 1.807) is 0 Å². The van der Waals surface area contributed by atoms with E-state index in [2.05, 4.69) is 29.2 Å². The zero-order chi connectivity index (χ0) is 15.7. The molecule has 0 radical (unpaired) electrons. The van der Waals surface area contributed by atoms with Crippen molar-refractivity contribution in [3.8, 4) is 0 Å². The lowest BCUT2D eigenvalue weighted by molar-refractivity contribution is -0.134. The van der Waals surface area contributed by atoms with Gasteiger partial charge in [-0.05, 0) is 30.2 Å². The summed E-state index contributed by atoms with van der Waals surface area (Å²) in [5.74, 6) is 2.09. The predicted octanol–water partition coefficient (Wildman–Crippen LogP) is 2.04. The van der Waals surface area contributed by atoms with Crippen molar-refractivity contribution in [2.24, 2.45) is 24.8 Å². The highest BCUT2D eigenvalue weighted by molar-refractivity contribution is 5.85. The molecule has 6 heteroatoms. The minimum atomic E-state index is 0. The molecule has 130 valence electrons. The summed E-state index contributed by atoms with van der Waals surface area (Å²) in [6.07, 6.45) is 6.35. The van der Waals surface area contributed by atoms with Crippen LogP contribution in [-0.4, -0.2) is 46.8 Å². The Labute approximate surface area is 145 Å². The number of likely N-dealkylation sites (tertiary alicyclic amines) is 1. The minimum Gasteiger partial charge on any atom is -0.342 e. The molecular weight excluding hydrogens is 312 g/mol. The average molecular weight is 341 g/mol. The second-order valence-corrected chi connectivity index (χ2v) is 7.39. The Morgan fingerprint density at radius 2 is 2.22 bits per heavy atom. The van der Waals surface area contributed by atoms with E-state index in [-0.39, 0.29) is 24.2 Å². The molecule has 1 aromatic heterocycles. The Hall–Kier alpha value is -1.07. The van der Waals surface area contributed by atoms with Gasteiger partial charge >= 0.3 is 0 Å². The normalized spacial score (nSPS) is 27.5. The maximum absolute atomic E-state index is 12.9. The van der Waals surface area contributed by atoms with Gasteiger partial charge in [-0.3, -0.25) is 9.48 Å². The largest absolute Gasteiger partial charge is 0.342 e. The van der Waals surface area contributed by atoms with Crippen molar-refractivity contribution >= 4 is 18.3 Å². The summed E-state index contributed by atoms with van der Waals surface area (Å²) in [4.78, 5) is 15.0. The molecule has 0 aromatic carbocycles. The Balaban J connectivity index is 0.00000192. The van der Waals surface area contributed by atoms with Crippen LogP contribution in [0.1, 0.15) is 38.2 Å². The number of nitrogens with zero attached hydrogens (tertiary/aromatic N) is 3. The number of carbonyl (C=O) groups excluding carboxylic acids is 1. The molecule has 1 aromatic rings. The summed E-state index contributed by atoms with van der Waals surface area (Å²) in [5, 5.41) is 7.65. The molecule has 0 saturated carbocycles. The molecule has 3 rings (SSSR count). The summed E-state index contributed by atoms with van der Waals surface area (Å²) >= 11 is 0. The molecule has 23 heavy (non-hydrogen) atoms. The molecule has 5 nitrogen and oxygen atoms in total. The van der Waals surface area contributed by atoms with Crippen molar-refractivity contribution < 1.29 is 4.79 Å². The highest BCUT2D eigenvalue weighted by Crippen LogP contribution is 2.32. The Morgan fingerprint density at radius 3 is 2.87 bits per heavy atom. The first kappa shape index (κ1) is 18.3. The van der Waals surface area contributed by atoms with Crippen LogP contribution >= 0.6 is 12.4 Å². The molecule has 2 aliphatic heterocycles. The fourth-order valence-electron chi connectivity index (χ4n) is 4.05. The van der Waals surface area contributed by atoms with E-state index < -0.39 is 0 Å². The van der Waals surface area contributed by atoms with Crippen LogP contribution in [0.5, 0.6) is 0 Å². The molecule has 2 aliphatic rings. The van der Waals surface area contributed by atoms with Gasteiger partial charge in [-0.2, -0.15) is 5.10 Å². The zero-order valence-corrected chi connectivity index (χ0v) is 15.2. The van der Waals surface area contributed by atoms with Gasteiger partial charge in [-0.15, -0.1) is 12.4 Å². The van der Waals surface area contributed by atoms with E-state index in [1.807, 2.05) is 24.1 Å². The van der Waals surface area contributed by atoms with E-state index in [9.17, 15) is 4.79 Å². The number of carbonyl (C=O) groups is 1. The number of halogens is 1. The summed E-state index contributed by atoms with van der Waals surface area (Å²) in [7, 11) is 1.93. The summed E-state index contributed by atoms with van der Waals surface area (Å²) in [6, 6.07) is 0. The Morgan fingerprint density at radius 1 is 1.43 bits per heavy atom. The van der Waals surface area contributed by atoms with Gasteiger partial charge in [-0.25, -0.2) is 0 Å². The Kier molecular flexibility index (Phi) is 6.09. The summed E-state index contributed by atoms with van der Waals surface area (Å²) < 4.78 is 1.82. The number of aryl methyl sites for hydroxylation is 1. The van der Waals surface area contributed by atoms with Gasteiger partial charge in [0.25, 0.3) is 0 Å². The second-order valence-electron chi connectivity index (χ2n) is 7.39. The number of amides is 1. The fraction of sp³-hybridized carbons (Fsp3) is 0.765. The first-order valence-electron chi connectivity index (χ1n) is 8.52. The predicted molar refractivity (Wildman–Crippen MR) is 93.7 cm³/mol. The van der Waals surface area contributed by atoms with Gasteiger partial charge in [0.05, 0.1) is 12.1 Å². The number of aromatic nitrogens is 2. The van der Waals surface area contributed by atoms with E-state index in [0.717, 1.165) is 32.1 Å². The van der Waals surface area contributed by atoms with Crippen LogP contribution in [0.3, 0.4) is 0 Å². The SMILES string of the molecule is CC(C)CC1CCN(C(=O)[C@H]2CNC[C@@H]2c2cnn(C)c2)C1.Cl. The molecule has 0 spiro atoms. The van der Waals surface area contributed by atoms with Crippen LogP contribution < -0.4 is 5.32 Å². The topological polar surface area (TPSA) is 50.2 Å². The first-order valence-corrected chi connectivity index (χ1v) is 8.52. The lowest BCUT2D eigenvalue weighted by Crippen LogP contribution is -2.37. The van der Waals surface area contributed by atoms with Gasteiger partial charge < -0.3 is 10.2 Å². The molecule has 3 atom stereocenters. The van der Waals surface area contributed by atoms with Crippen molar-refractivity contribution in [2.45, 2.75) is 32.6 Å². The van der Waals surface area contributed by atoms with Crippen LogP contribution in [0.2, 0.25) is 0 Å². The molecule has 1 unspecified atom stereocenters.